The van der Waals surface area contributed by atoms with Crippen LogP contribution in [0.3, 0.4) is 0 Å². The average Bonchev–Trinajstić information content (AvgIpc) is 3.00. The molecule has 0 bridgehead atoms. The Hall–Kier alpha value is -2.54. The molecular formula is C15H16N4O2S. The first-order valence-corrected chi connectivity index (χ1v) is 7.57. The molecule has 0 aliphatic rings. The molecule has 6 nitrogen and oxygen atoms in total. The highest BCUT2D eigenvalue weighted by Gasteiger charge is 2.05. The second-order valence-electron chi connectivity index (χ2n) is 4.38. The van der Waals surface area contributed by atoms with Crippen LogP contribution in [0.4, 0.5) is 5.13 Å². The number of benzene rings is 1. The van der Waals surface area contributed by atoms with Crippen molar-refractivity contribution in [3.8, 4) is 0 Å². The molecule has 114 valence electrons. The van der Waals surface area contributed by atoms with Crippen molar-refractivity contribution in [2.24, 2.45) is 0 Å². The minimum absolute atomic E-state index is 0.142. The van der Waals surface area contributed by atoms with Crippen LogP contribution in [0.2, 0.25) is 0 Å². The molecule has 0 aliphatic heterocycles. The lowest BCUT2D eigenvalue weighted by Gasteiger charge is -2.00. The third-order valence-corrected chi connectivity index (χ3v) is 3.81. The molecule has 0 unspecified atom stereocenters. The highest BCUT2D eigenvalue weighted by molar-refractivity contribution is 7.15. The van der Waals surface area contributed by atoms with Gasteiger partial charge in [-0.1, -0.05) is 30.4 Å². The third kappa shape index (κ3) is 4.23. The van der Waals surface area contributed by atoms with E-state index >= 15 is 0 Å². The van der Waals surface area contributed by atoms with E-state index in [1.807, 2.05) is 6.92 Å². The number of carbonyl (C=O) groups is 2. The summed E-state index contributed by atoms with van der Waals surface area (Å²) >= 11 is 1.36. The number of nitrogens with one attached hydrogen (secondary N) is 2. The van der Waals surface area contributed by atoms with Crippen LogP contribution in [-0.4, -0.2) is 29.1 Å². The molecule has 2 rings (SSSR count). The zero-order valence-corrected chi connectivity index (χ0v) is 13.1. The number of anilines is 1. The van der Waals surface area contributed by atoms with E-state index in [9.17, 15) is 9.59 Å². The van der Waals surface area contributed by atoms with Crippen LogP contribution in [0.5, 0.6) is 0 Å². The molecule has 0 radical (unpaired) electrons. The van der Waals surface area contributed by atoms with Crippen LogP contribution in [0, 0.1) is 0 Å². The lowest BCUT2D eigenvalue weighted by atomic mass is 10.1. The second-order valence-corrected chi connectivity index (χ2v) is 5.44. The summed E-state index contributed by atoms with van der Waals surface area (Å²) in [4.78, 5) is 23.2. The topological polar surface area (TPSA) is 84.0 Å². The molecule has 0 saturated heterocycles. The number of nitrogens with zero attached hydrogens (tertiary/aromatic N) is 2. The van der Waals surface area contributed by atoms with E-state index in [2.05, 4.69) is 20.8 Å². The first-order valence-electron chi connectivity index (χ1n) is 6.76. The van der Waals surface area contributed by atoms with Gasteiger partial charge in [-0.2, -0.15) is 0 Å². The van der Waals surface area contributed by atoms with Gasteiger partial charge in [0.25, 0.3) is 5.91 Å². The number of amides is 2. The number of rotatable bonds is 5. The fourth-order valence-corrected chi connectivity index (χ4v) is 2.34. The summed E-state index contributed by atoms with van der Waals surface area (Å²) in [5.74, 6) is -0.412. The van der Waals surface area contributed by atoms with Gasteiger partial charge in [-0.15, -0.1) is 10.2 Å². The van der Waals surface area contributed by atoms with Crippen molar-refractivity contribution >= 4 is 34.4 Å². The summed E-state index contributed by atoms with van der Waals surface area (Å²) in [6.45, 7) is 1.98. The number of aryl methyl sites for hydroxylation is 1. The summed E-state index contributed by atoms with van der Waals surface area (Å²) in [5, 5.41) is 14.4. The van der Waals surface area contributed by atoms with E-state index in [1.54, 1.807) is 37.4 Å². The normalized spacial score (nSPS) is 10.6. The molecule has 7 heteroatoms. The summed E-state index contributed by atoms with van der Waals surface area (Å²) in [5.41, 5.74) is 1.40. The SMILES string of the molecule is CCc1nnc(NC(=O)/C=C/c2ccc(C(=O)NC)cc2)s1. The van der Waals surface area contributed by atoms with E-state index < -0.39 is 0 Å². The Kier molecular flexibility index (Phi) is 5.37. The van der Waals surface area contributed by atoms with E-state index in [4.69, 9.17) is 0 Å². The van der Waals surface area contributed by atoms with Crippen molar-refractivity contribution in [3.63, 3.8) is 0 Å². The minimum Gasteiger partial charge on any atom is -0.355 e. The second kappa shape index (κ2) is 7.46. The number of aromatic nitrogens is 2. The Morgan fingerprint density at radius 2 is 1.95 bits per heavy atom. The Morgan fingerprint density at radius 3 is 2.55 bits per heavy atom. The van der Waals surface area contributed by atoms with Gasteiger partial charge in [0, 0.05) is 18.7 Å². The Bertz CT molecular complexity index is 692. The van der Waals surface area contributed by atoms with Gasteiger partial charge in [-0.05, 0) is 30.2 Å². The van der Waals surface area contributed by atoms with Gasteiger partial charge < -0.3 is 5.32 Å². The zero-order valence-electron chi connectivity index (χ0n) is 12.3. The predicted octanol–water partition coefficient (Wildman–Crippen LogP) is 2.11. The smallest absolute Gasteiger partial charge is 0.251 e. The number of carbonyl (C=O) groups excluding carboxylic acids is 2. The highest BCUT2D eigenvalue weighted by Crippen LogP contribution is 2.15. The molecule has 2 amide bonds. The summed E-state index contributed by atoms with van der Waals surface area (Å²) in [6, 6.07) is 6.95. The molecule has 1 heterocycles. The van der Waals surface area contributed by atoms with Gasteiger partial charge >= 0.3 is 0 Å². The van der Waals surface area contributed by atoms with Gasteiger partial charge in [0.2, 0.25) is 11.0 Å². The lowest BCUT2D eigenvalue weighted by molar-refractivity contribution is -0.111. The summed E-state index contributed by atoms with van der Waals surface area (Å²) in [6.07, 6.45) is 3.88. The van der Waals surface area contributed by atoms with Crippen molar-refractivity contribution in [2.45, 2.75) is 13.3 Å². The van der Waals surface area contributed by atoms with Gasteiger partial charge in [-0.25, -0.2) is 0 Å². The third-order valence-electron chi connectivity index (χ3n) is 2.83. The zero-order chi connectivity index (χ0) is 15.9. The molecule has 0 atom stereocenters. The molecule has 1 aromatic carbocycles. The molecule has 2 aromatic rings. The van der Waals surface area contributed by atoms with Crippen LogP contribution < -0.4 is 10.6 Å². The van der Waals surface area contributed by atoms with Crippen LogP contribution in [0.1, 0.15) is 27.9 Å². The van der Waals surface area contributed by atoms with Crippen molar-refractivity contribution in [3.05, 3.63) is 46.5 Å². The molecule has 0 spiro atoms. The Morgan fingerprint density at radius 1 is 1.23 bits per heavy atom. The number of hydrogen-bond acceptors (Lipinski definition) is 5. The molecule has 2 N–H and O–H groups in total. The highest BCUT2D eigenvalue weighted by atomic mass is 32.1. The maximum Gasteiger partial charge on any atom is 0.251 e. The van der Waals surface area contributed by atoms with Crippen molar-refractivity contribution in [1.82, 2.24) is 15.5 Å². The maximum absolute atomic E-state index is 11.8. The predicted molar refractivity (Wildman–Crippen MR) is 86.8 cm³/mol. The fourth-order valence-electron chi connectivity index (χ4n) is 1.66. The number of hydrogen-bond donors (Lipinski definition) is 2. The van der Waals surface area contributed by atoms with Gasteiger partial charge in [-0.3, -0.25) is 14.9 Å². The largest absolute Gasteiger partial charge is 0.355 e. The molecule has 0 saturated carbocycles. The van der Waals surface area contributed by atoms with E-state index in [-0.39, 0.29) is 11.8 Å². The monoisotopic (exact) mass is 316 g/mol. The summed E-state index contributed by atoms with van der Waals surface area (Å²) in [7, 11) is 1.58. The van der Waals surface area contributed by atoms with E-state index in [0.717, 1.165) is 17.0 Å². The Labute approximate surface area is 132 Å². The fraction of sp³-hybridized carbons (Fsp3) is 0.200. The quantitative estimate of drug-likeness (QED) is 0.828. The van der Waals surface area contributed by atoms with Crippen LogP contribution in [0.15, 0.2) is 30.3 Å². The first kappa shape index (κ1) is 15.8. The Balaban J connectivity index is 1.95. The molecular weight excluding hydrogens is 300 g/mol. The van der Waals surface area contributed by atoms with E-state index in [0.29, 0.717) is 10.7 Å². The van der Waals surface area contributed by atoms with Crippen LogP contribution in [0.25, 0.3) is 6.08 Å². The van der Waals surface area contributed by atoms with Crippen molar-refractivity contribution in [2.75, 3.05) is 12.4 Å². The van der Waals surface area contributed by atoms with Gasteiger partial charge in [0.15, 0.2) is 0 Å². The molecule has 1 aromatic heterocycles. The van der Waals surface area contributed by atoms with Crippen molar-refractivity contribution < 1.29 is 9.59 Å². The molecule has 0 fully saturated rings. The average molecular weight is 316 g/mol. The first-order chi connectivity index (χ1) is 10.6. The summed E-state index contributed by atoms with van der Waals surface area (Å²) < 4.78 is 0. The van der Waals surface area contributed by atoms with E-state index in [1.165, 1.54) is 17.4 Å². The lowest BCUT2D eigenvalue weighted by Crippen LogP contribution is -2.17. The molecule has 0 aliphatic carbocycles. The van der Waals surface area contributed by atoms with Crippen molar-refractivity contribution in [1.29, 1.82) is 0 Å². The van der Waals surface area contributed by atoms with Gasteiger partial charge in [0.05, 0.1) is 0 Å². The van der Waals surface area contributed by atoms with Crippen LogP contribution >= 0.6 is 11.3 Å². The molecule has 22 heavy (non-hydrogen) atoms. The van der Waals surface area contributed by atoms with Crippen LogP contribution in [-0.2, 0) is 11.2 Å². The van der Waals surface area contributed by atoms with Gasteiger partial charge in [0.1, 0.15) is 5.01 Å². The standard InChI is InChI=1S/C15H16N4O2S/c1-3-13-18-19-15(22-13)17-12(20)9-6-10-4-7-11(8-5-10)14(21)16-2/h4-9H,3H2,1-2H3,(H,16,21)(H,17,19,20)/b9-6+. The maximum atomic E-state index is 11.8. The minimum atomic E-state index is -0.269.